The van der Waals surface area contributed by atoms with E-state index in [1.165, 1.54) is 0 Å². The highest BCUT2D eigenvalue weighted by molar-refractivity contribution is 6.30. The summed E-state index contributed by atoms with van der Waals surface area (Å²) in [5.74, 6) is -2.00. The fourth-order valence-electron chi connectivity index (χ4n) is 7.31. The maximum absolute atomic E-state index is 13.8. The first-order chi connectivity index (χ1) is 27.4. The third-order valence-corrected chi connectivity index (χ3v) is 10.7. The van der Waals surface area contributed by atoms with Crippen LogP contribution >= 0.6 is 0 Å². The molecule has 306 valence electrons. The number of carbonyl (C=O) groups excluding carboxylic acids is 3. The number of ketones is 1. The second kappa shape index (κ2) is 19.6. The Bertz CT molecular complexity index is 2130. The number of carbonyl (C=O) groups is 3. The number of aliphatic hydroxyl groups is 1. The fourth-order valence-corrected chi connectivity index (χ4v) is 7.31. The minimum absolute atomic E-state index is 0.0555. The van der Waals surface area contributed by atoms with Crippen LogP contribution in [0.1, 0.15) is 83.6 Å². The van der Waals surface area contributed by atoms with Crippen molar-refractivity contribution in [3.8, 4) is 0 Å². The summed E-state index contributed by atoms with van der Waals surface area (Å²) in [6, 6.07) is 11.9. The first kappa shape index (κ1) is 44.9. The van der Waals surface area contributed by atoms with Crippen molar-refractivity contribution in [2.24, 2.45) is 11.8 Å². The maximum Gasteiger partial charge on any atom is 0.333 e. The van der Waals surface area contributed by atoms with E-state index in [0.717, 1.165) is 50.6 Å². The Morgan fingerprint density at radius 3 is 1.90 bits per heavy atom. The molecular formula is C50H61N2O6+. The molecule has 58 heavy (non-hydrogen) atoms. The van der Waals surface area contributed by atoms with E-state index in [-0.39, 0.29) is 23.6 Å². The summed E-state index contributed by atoms with van der Waals surface area (Å²) >= 11 is 0. The lowest BCUT2D eigenvalue weighted by Crippen LogP contribution is -2.36. The van der Waals surface area contributed by atoms with Gasteiger partial charge in [-0.15, -0.1) is 0 Å². The van der Waals surface area contributed by atoms with E-state index < -0.39 is 24.0 Å². The highest BCUT2D eigenvalue weighted by atomic mass is 16.5. The number of benzene rings is 2. The van der Waals surface area contributed by atoms with E-state index >= 15 is 0 Å². The van der Waals surface area contributed by atoms with E-state index in [1.807, 2.05) is 93.8 Å². The van der Waals surface area contributed by atoms with Gasteiger partial charge in [-0.25, -0.2) is 9.59 Å². The van der Waals surface area contributed by atoms with Gasteiger partial charge in [0.15, 0.2) is 18.4 Å². The van der Waals surface area contributed by atoms with E-state index in [2.05, 4.69) is 63.6 Å². The summed E-state index contributed by atoms with van der Waals surface area (Å²) in [4.78, 5) is 40.9. The topological polar surface area (TPSA) is 96.1 Å². The summed E-state index contributed by atoms with van der Waals surface area (Å²) in [6.45, 7) is 32.1. The molecule has 0 bridgehead atoms. The molecule has 1 N–H and O–H groups in total. The zero-order valence-corrected chi connectivity index (χ0v) is 36.1. The molecule has 0 saturated heterocycles. The van der Waals surface area contributed by atoms with Crippen molar-refractivity contribution in [1.29, 1.82) is 0 Å². The number of anilines is 2. The normalized spacial score (nSPS) is 17.7. The number of hydrogen-bond acceptors (Lipinski definition) is 7. The maximum atomic E-state index is 13.8. The quantitative estimate of drug-likeness (QED) is 0.0738. The summed E-state index contributed by atoms with van der Waals surface area (Å²) in [5, 5.41) is 11.4. The number of nitrogens with zero attached hydrogens (tertiary/aromatic N) is 2. The van der Waals surface area contributed by atoms with Gasteiger partial charge in [0.2, 0.25) is 11.4 Å². The van der Waals surface area contributed by atoms with Crippen LogP contribution in [0.15, 0.2) is 126 Å². The van der Waals surface area contributed by atoms with Crippen LogP contribution in [0, 0.1) is 32.6 Å². The second-order valence-electron chi connectivity index (χ2n) is 15.6. The molecule has 0 aliphatic heterocycles. The molecule has 3 unspecified atom stereocenters. The zero-order chi connectivity index (χ0) is 43.0. The number of aliphatic hydroxyl groups excluding tert-OH is 1. The predicted molar refractivity (Wildman–Crippen MR) is 236 cm³/mol. The van der Waals surface area contributed by atoms with E-state index in [1.54, 1.807) is 13.8 Å². The molecule has 0 aromatic heterocycles. The molecule has 0 fully saturated rings. The predicted octanol–water partition coefficient (Wildman–Crippen LogP) is 10.6. The summed E-state index contributed by atoms with van der Waals surface area (Å²) in [7, 11) is 0. The van der Waals surface area contributed by atoms with Crippen molar-refractivity contribution in [3.05, 3.63) is 149 Å². The monoisotopic (exact) mass is 785 g/mol. The van der Waals surface area contributed by atoms with Crippen LogP contribution in [0.4, 0.5) is 11.4 Å². The van der Waals surface area contributed by atoms with Crippen molar-refractivity contribution >= 4 is 40.4 Å². The third kappa shape index (κ3) is 10.4. The van der Waals surface area contributed by atoms with Crippen molar-refractivity contribution < 1.29 is 33.5 Å². The average Bonchev–Trinajstić information content (AvgIpc) is 3.18. The molecule has 2 aromatic rings. The van der Waals surface area contributed by atoms with E-state index in [9.17, 15) is 19.5 Å². The summed E-state index contributed by atoms with van der Waals surface area (Å²) in [5.41, 5.74) is 10.5. The van der Waals surface area contributed by atoms with Crippen LogP contribution in [0.25, 0.3) is 5.57 Å². The van der Waals surface area contributed by atoms with Crippen molar-refractivity contribution in [3.63, 3.8) is 0 Å². The molecule has 8 heteroatoms. The average molecular weight is 786 g/mol. The second-order valence-corrected chi connectivity index (χ2v) is 15.6. The molecule has 2 aromatic carbocycles. The standard InChI is InChI=1S/C50H60N2O6/c1-14-32(8)25-34(10)37(13)51(28-42(15-2)57-49(55)30(4)5)40-21-17-38(18-22-40)44-47(53)45(48(44)54)39-19-23-41(24-20-39)52(29-43(16-3)58-50(56)31(6)7)46-35(11)26-33(9)27-36(46)12/h14,17-27,38,42-44H,4,6,13,15-16,28-29H2,1-3,5,7-12H3/p+1/b32-14-,34-25-,51-40?. The van der Waals surface area contributed by atoms with Crippen molar-refractivity contribution in [2.75, 3.05) is 18.0 Å². The lowest BCUT2D eigenvalue weighted by Gasteiger charge is -2.33. The summed E-state index contributed by atoms with van der Waals surface area (Å²) < 4.78 is 13.6. The SMILES string of the molecule is C=C(C)C(=O)OC(CC)CN(c1ccc(C2=C(O)C(C3C=CC(=[N+](CC(CC)OC(=O)C(=C)C)C(=C)/C(C)=C\C(C)=C/C)C=C3)C2=O)cc1)c1c(C)cc(C)cc1C. The Labute approximate surface area is 345 Å². The molecule has 0 saturated carbocycles. The Morgan fingerprint density at radius 2 is 1.41 bits per heavy atom. The van der Waals surface area contributed by atoms with Crippen molar-refractivity contribution in [1.82, 2.24) is 0 Å². The Balaban J connectivity index is 1.64. The van der Waals surface area contributed by atoms with Gasteiger partial charge in [0.25, 0.3) is 0 Å². The molecule has 8 nitrogen and oxygen atoms in total. The first-order valence-corrected chi connectivity index (χ1v) is 20.1. The van der Waals surface area contributed by atoms with Gasteiger partial charge in [-0.1, -0.05) is 86.7 Å². The van der Waals surface area contributed by atoms with Crippen LogP contribution in [-0.4, -0.2) is 58.4 Å². The molecule has 0 radical (unpaired) electrons. The van der Waals surface area contributed by atoms with Crippen LogP contribution < -0.4 is 4.90 Å². The number of Topliss-reactive ketones (excluding diaryl/α,β-unsaturated/α-hetero) is 1. The number of aryl methyl sites for hydroxylation is 3. The van der Waals surface area contributed by atoms with Gasteiger partial charge in [0, 0.05) is 46.2 Å². The highest BCUT2D eigenvalue weighted by Crippen LogP contribution is 2.43. The van der Waals surface area contributed by atoms with Crippen LogP contribution in [-0.2, 0) is 23.9 Å². The first-order valence-electron chi connectivity index (χ1n) is 20.1. The molecule has 2 aliphatic carbocycles. The molecule has 3 atom stereocenters. The minimum Gasteiger partial charge on any atom is -0.511 e. The van der Waals surface area contributed by atoms with Crippen molar-refractivity contribution in [2.45, 2.75) is 94.3 Å². The van der Waals surface area contributed by atoms with Crippen LogP contribution in [0.5, 0.6) is 0 Å². The highest BCUT2D eigenvalue weighted by Gasteiger charge is 2.44. The van der Waals surface area contributed by atoms with Gasteiger partial charge < -0.3 is 19.5 Å². The molecule has 0 spiro atoms. The van der Waals surface area contributed by atoms with E-state index in [4.69, 9.17) is 9.47 Å². The smallest absolute Gasteiger partial charge is 0.333 e. The van der Waals surface area contributed by atoms with Gasteiger partial charge in [-0.2, -0.15) is 4.58 Å². The van der Waals surface area contributed by atoms with Crippen LogP contribution in [0.2, 0.25) is 0 Å². The molecule has 0 amide bonds. The zero-order valence-electron chi connectivity index (χ0n) is 36.1. The minimum atomic E-state index is -0.707. The lowest BCUT2D eigenvalue weighted by molar-refractivity contribution is -0.482. The number of ether oxygens (including phenoxy) is 2. The van der Waals surface area contributed by atoms with Gasteiger partial charge in [-0.3, -0.25) is 4.79 Å². The van der Waals surface area contributed by atoms with Crippen LogP contribution in [0.3, 0.4) is 0 Å². The largest absolute Gasteiger partial charge is 0.511 e. The number of rotatable bonds is 17. The molecular weight excluding hydrogens is 725 g/mol. The third-order valence-electron chi connectivity index (χ3n) is 10.7. The Morgan fingerprint density at radius 1 is 0.879 bits per heavy atom. The molecule has 0 heterocycles. The number of esters is 2. The van der Waals surface area contributed by atoms with Gasteiger partial charge in [0.1, 0.15) is 11.9 Å². The number of allylic oxidation sites excluding steroid dienone is 10. The Hall–Kier alpha value is -5.76. The van der Waals surface area contributed by atoms with Gasteiger partial charge in [0.05, 0.1) is 18.0 Å². The van der Waals surface area contributed by atoms with E-state index in [0.29, 0.717) is 48.2 Å². The fraction of sp³-hybridized carbons (Fsp3) is 0.360. The number of hydrogen-bond donors (Lipinski definition) is 1. The van der Waals surface area contributed by atoms with Gasteiger partial charge >= 0.3 is 11.9 Å². The molecule has 2 aliphatic rings. The Kier molecular flexibility index (Phi) is 15.2. The van der Waals surface area contributed by atoms with Gasteiger partial charge in [-0.05, 0) is 104 Å². The molecule has 4 rings (SSSR count). The summed E-state index contributed by atoms with van der Waals surface area (Å²) in [6.07, 6.45) is 12.2. The lowest BCUT2D eigenvalue weighted by atomic mass is 9.71.